The molecule has 14 heteroatoms. The van der Waals surface area contributed by atoms with E-state index < -0.39 is 76.7 Å². The Morgan fingerprint density at radius 2 is 1.23 bits per heavy atom. The van der Waals surface area contributed by atoms with Gasteiger partial charge in [0.2, 0.25) is 0 Å². The van der Waals surface area contributed by atoms with Crippen molar-refractivity contribution in [2.45, 2.75) is 167 Å². The van der Waals surface area contributed by atoms with Crippen LogP contribution < -0.4 is 0 Å². The monoisotopic (exact) mass is 830 g/mol. The van der Waals surface area contributed by atoms with E-state index in [1.165, 1.54) is 57.4 Å². The third kappa shape index (κ3) is 35.2. The van der Waals surface area contributed by atoms with Crippen molar-refractivity contribution in [3.63, 3.8) is 0 Å². The Balaban J connectivity index is 4.69. The number of hydrogen-bond donors (Lipinski definition) is 6. The molecule has 0 fully saturated rings. The molecule has 0 rings (SSSR count). The Labute approximate surface area is 342 Å². The highest BCUT2D eigenvalue weighted by molar-refractivity contribution is 7.47. The Bertz CT molecular complexity index is 1200. The van der Waals surface area contributed by atoms with Gasteiger partial charge in [0.25, 0.3) is 0 Å². The number of aliphatic hydroxyl groups is 5. The van der Waals surface area contributed by atoms with Crippen LogP contribution in [0.3, 0.4) is 0 Å². The summed E-state index contributed by atoms with van der Waals surface area (Å²) in [4.78, 5) is 35.0. The van der Waals surface area contributed by atoms with Gasteiger partial charge in [0, 0.05) is 12.8 Å². The summed E-state index contributed by atoms with van der Waals surface area (Å²) in [5.74, 6) is -0.443. The normalized spacial score (nSPS) is 16.7. The van der Waals surface area contributed by atoms with Gasteiger partial charge in [0.15, 0.2) is 6.10 Å². The summed E-state index contributed by atoms with van der Waals surface area (Å²) in [5.41, 5.74) is 0. The zero-order chi connectivity index (χ0) is 42.6. The molecule has 57 heavy (non-hydrogen) atoms. The number of esters is 2. The molecule has 0 radical (unpaired) electrons. The first-order valence-corrected chi connectivity index (χ1v) is 22.5. The molecule has 2 unspecified atom stereocenters. The third-order valence-electron chi connectivity index (χ3n) is 9.07. The van der Waals surface area contributed by atoms with Gasteiger partial charge < -0.3 is 39.9 Å². The summed E-state index contributed by atoms with van der Waals surface area (Å²) < 4.78 is 32.4. The minimum Gasteiger partial charge on any atom is -0.462 e. The molecular formula is C43H75O13P. The van der Waals surface area contributed by atoms with Crippen molar-refractivity contribution in [2.75, 3.05) is 26.4 Å². The van der Waals surface area contributed by atoms with Crippen molar-refractivity contribution >= 4 is 19.8 Å². The molecule has 0 aliphatic carbocycles. The van der Waals surface area contributed by atoms with E-state index >= 15 is 0 Å². The van der Waals surface area contributed by atoms with Crippen LogP contribution in [0.1, 0.15) is 136 Å². The zero-order valence-corrected chi connectivity index (χ0v) is 35.7. The van der Waals surface area contributed by atoms with Gasteiger partial charge in [-0.15, -0.1) is 0 Å². The van der Waals surface area contributed by atoms with Gasteiger partial charge in [-0.2, -0.15) is 0 Å². The van der Waals surface area contributed by atoms with Crippen LogP contribution in [0.4, 0.5) is 0 Å². The lowest BCUT2D eigenvalue weighted by molar-refractivity contribution is -0.161. The molecule has 6 N–H and O–H groups in total. The second-order valence-corrected chi connectivity index (χ2v) is 15.9. The van der Waals surface area contributed by atoms with Gasteiger partial charge in [-0.25, -0.2) is 4.57 Å². The minimum atomic E-state index is -4.72. The van der Waals surface area contributed by atoms with Crippen molar-refractivity contribution in [1.82, 2.24) is 0 Å². The lowest BCUT2D eigenvalue weighted by atomic mass is 9.99. The number of carbonyl (C=O) groups excluding carboxylic acids is 2. The molecular weight excluding hydrogens is 755 g/mol. The van der Waals surface area contributed by atoms with E-state index in [4.69, 9.17) is 19.1 Å². The zero-order valence-electron chi connectivity index (χ0n) is 34.8. The molecule has 0 saturated carbocycles. The van der Waals surface area contributed by atoms with E-state index in [2.05, 4.69) is 18.4 Å². The van der Waals surface area contributed by atoms with E-state index in [1.54, 1.807) is 42.5 Å². The fraction of sp³-hybridized carbons (Fsp3) is 0.721. The molecule has 0 aromatic carbocycles. The number of allylic oxidation sites excluding steroid dienone is 7. The maximum absolute atomic E-state index is 12.6. The third-order valence-corrected chi connectivity index (χ3v) is 10.0. The smallest absolute Gasteiger partial charge is 0.462 e. The van der Waals surface area contributed by atoms with Crippen molar-refractivity contribution < 1.29 is 63.1 Å². The van der Waals surface area contributed by atoms with Gasteiger partial charge in [0.1, 0.15) is 12.7 Å². The topological polar surface area (TPSA) is 210 Å². The molecule has 7 atom stereocenters. The van der Waals surface area contributed by atoms with E-state index in [-0.39, 0.29) is 25.7 Å². The highest BCUT2D eigenvalue weighted by Crippen LogP contribution is 2.43. The quantitative estimate of drug-likeness (QED) is 0.0118. The number of unbranched alkanes of at least 4 members (excludes halogenated alkanes) is 9. The maximum atomic E-state index is 12.6. The molecule has 0 bridgehead atoms. The second-order valence-electron chi connectivity index (χ2n) is 14.5. The van der Waals surface area contributed by atoms with Gasteiger partial charge in [-0.1, -0.05) is 152 Å². The van der Waals surface area contributed by atoms with Gasteiger partial charge in [-0.3, -0.25) is 18.6 Å². The summed E-state index contributed by atoms with van der Waals surface area (Å²) in [7, 11) is -4.72. The maximum Gasteiger partial charge on any atom is 0.472 e. The fourth-order valence-electron chi connectivity index (χ4n) is 5.31. The van der Waals surface area contributed by atoms with E-state index in [0.29, 0.717) is 12.8 Å². The van der Waals surface area contributed by atoms with Crippen molar-refractivity contribution in [2.24, 2.45) is 5.92 Å². The van der Waals surface area contributed by atoms with Gasteiger partial charge >= 0.3 is 19.8 Å². The molecule has 0 spiro atoms. The van der Waals surface area contributed by atoms with Crippen LogP contribution in [0.2, 0.25) is 0 Å². The van der Waals surface area contributed by atoms with E-state index in [9.17, 15) is 39.5 Å². The summed E-state index contributed by atoms with van der Waals surface area (Å²) in [5, 5.41) is 48.7. The largest absolute Gasteiger partial charge is 0.472 e. The lowest BCUT2D eigenvalue weighted by Crippen LogP contribution is -2.30. The van der Waals surface area contributed by atoms with Crippen LogP contribution in [-0.4, -0.2) is 99.3 Å². The molecule has 13 nitrogen and oxygen atoms in total. The minimum absolute atomic E-state index is 0.0618. The van der Waals surface area contributed by atoms with Gasteiger partial charge in [0.05, 0.1) is 38.1 Å². The van der Waals surface area contributed by atoms with E-state index in [1.807, 2.05) is 19.1 Å². The molecule has 0 aromatic heterocycles. The standard InChI is InChI=1S/C43H75O13P/c1-4-6-19-26-37(45)27-21-16-13-14-17-22-28-40(47)41(48)29-24-31-43(50)56-39(35-55-57(51,52)54-33-38(46)32-44)34-53-42(49)30-23-18-12-10-8-7-9-11-15-20-25-36(3)5-2/h6,13-14,16-17,19,21-22,27-28,36-41,44-48H,4-5,7-12,15,18,20,23-26,29-35H2,1-3H3,(H,51,52)/b16-13+,17-14-,19-6-,27-21+,28-22-/t36?,37-,38-,39+,40+,41+/m0/s1. The number of hydrogen-bond acceptors (Lipinski definition) is 12. The molecule has 0 saturated heterocycles. The van der Waals surface area contributed by atoms with Crippen LogP contribution in [0.15, 0.2) is 60.8 Å². The first-order valence-electron chi connectivity index (χ1n) is 21.0. The molecule has 0 aromatic rings. The Kier molecular flexibility index (Phi) is 35.0. The van der Waals surface area contributed by atoms with Crippen molar-refractivity contribution in [3.8, 4) is 0 Å². The average molecular weight is 831 g/mol. The molecule has 330 valence electrons. The Hall–Kier alpha value is -2.45. The SMILES string of the molecule is CC/C=C\C[C@H](O)/C=C/C=C/C=C\C=C/[C@@H](O)[C@H](O)CCCC(=O)O[C@H](COC(=O)CCCCCCCCCCCCC(C)CC)COP(=O)(O)OC[C@@H](O)CO. The summed E-state index contributed by atoms with van der Waals surface area (Å²) in [6, 6.07) is 0. The predicted octanol–water partition coefficient (Wildman–Crippen LogP) is 7.49. The van der Waals surface area contributed by atoms with Crippen LogP contribution in [0.5, 0.6) is 0 Å². The number of ether oxygens (including phenoxy) is 2. The highest BCUT2D eigenvalue weighted by Gasteiger charge is 2.27. The summed E-state index contributed by atoms with van der Waals surface area (Å²) in [6.45, 7) is 4.10. The first kappa shape index (κ1) is 54.6. The van der Waals surface area contributed by atoms with Crippen LogP contribution in [0.25, 0.3) is 0 Å². The van der Waals surface area contributed by atoms with Crippen LogP contribution in [0, 0.1) is 5.92 Å². The average Bonchev–Trinajstić information content (AvgIpc) is 3.19. The number of phosphoric acid groups is 1. The molecule has 0 aliphatic heterocycles. The molecule has 0 heterocycles. The summed E-state index contributed by atoms with van der Waals surface area (Å²) in [6.07, 6.45) is 27.1. The van der Waals surface area contributed by atoms with Crippen LogP contribution >= 0.6 is 7.82 Å². The number of phosphoric ester groups is 1. The Morgan fingerprint density at radius 1 is 0.667 bits per heavy atom. The number of aliphatic hydroxyl groups excluding tert-OH is 5. The number of carbonyl (C=O) groups is 2. The molecule has 0 aliphatic rings. The van der Waals surface area contributed by atoms with Gasteiger partial charge in [-0.05, 0) is 38.0 Å². The first-order chi connectivity index (χ1) is 27.3. The fourth-order valence-corrected chi connectivity index (χ4v) is 6.10. The lowest BCUT2D eigenvalue weighted by Gasteiger charge is -2.20. The number of rotatable bonds is 37. The molecule has 0 amide bonds. The van der Waals surface area contributed by atoms with E-state index in [0.717, 1.165) is 31.6 Å². The summed E-state index contributed by atoms with van der Waals surface area (Å²) >= 11 is 0. The van der Waals surface area contributed by atoms with Crippen molar-refractivity contribution in [1.29, 1.82) is 0 Å². The highest BCUT2D eigenvalue weighted by atomic mass is 31.2. The second kappa shape index (κ2) is 36.6. The van der Waals surface area contributed by atoms with Crippen LogP contribution in [-0.2, 0) is 32.7 Å². The predicted molar refractivity (Wildman–Crippen MR) is 223 cm³/mol. The van der Waals surface area contributed by atoms with Crippen molar-refractivity contribution in [3.05, 3.63) is 60.8 Å². The Morgan fingerprint density at radius 3 is 1.84 bits per heavy atom.